The number of hydrogen-bond donors (Lipinski definition) is 3. The maximum atomic E-state index is 13.1. The van der Waals surface area contributed by atoms with Crippen LogP contribution in [-0.2, 0) is 17.7 Å². The Labute approximate surface area is 234 Å². The fourth-order valence-corrected chi connectivity index (χ4v) is 6.29. The quantitative estimate of drug-likeness (QED) is 0.372. The van der Waals surface area contributed by atoms with Crippen molar-refractivity contribution in [1.29, 1.82) is 0 Å². The van der Waals surface area contributed by atoms with Gasteiger partial charge < -0.3 is 25.8 Å². The number of nitrogen functional groups attached to an aromatic ring is 1. The Bertz CT molecular complexity index is 1370. The van der Waals surface area contributed by atoms with Crippen LogP contribution in [0.5, 0.6) is 5.75 Å². The van der Waals surface area contributed by atoms with Crippen molar-refractivity contribution in [2.75, 3.05) is 51.0 Å². The fourth-order valence-electron chi connectivity index (χ4n) is 6.29. The van der Waals surface area contributed by atoms with E-state index in [1.165, 1.54) is 12.8 Å². The Morgan fingerprint density at radius 1 is 1.23 bits per heavy atom. The van der Waals surface area contributed by atoms with Crippen LogP contribution in [0.2, 0.25) is 0 Å². The van der Waals surface area contributed by atoms with Crippen LogP contribution >= 0.6 is 0 Å². The van der Waals surface area contributed by atoms with Crippen LogP contribution in [-0.4, -0.2) is 71.8 Å². The van der Waals surface area contributed by atoms with Gasteiger partial charge in [0, 0.05) is 69.3 Å². The van der Waals surface area contributed by atoms with E-state index in [0.717, 1.165) is 73.8 Å². The van der Waals surface area contributed by atoms with Crippen LogP contribution in [0.25, 0.3) is 11.3 Å². The smallest absolute Gasteiger partial charge is 0.251 e. The van der Waals surface area contributed by atoms with Crippen molar-refractivity contribution < 1.29 is 14.3 Å². The molecule has 6 rings (SSSR count). The number of methoxy groups -OCH3 is 1. The minimum atomic E-state index is -0.000904. The molecule has 2 fully saturated rings. The first-order chi connectivity index (χ1) is 19.5. The predicted octanol–water partition coefficient (Wildman–Crippen LogP) is 3.29. The lowest BCUT2D eigenvalue weighted by Gasteiger charge is -2.53. The molecule has 210 valence electrons. The number of carbonyl (C=O) groups excluding carboxylic acids is 1. The van der Waals surface area contributed by atoms with Crippen molar-refractivity contribution in [3.8, 4) is 17.0 Å². The molecule has 0 bridgehead atoms. The van der Waals surface area contributed by atoms with E-state index in [2.05, 4.69) is 30.5 Å². The van der Waals surface area contributed by atoms with Crippen LogP contribution < -0.4 is 21.1 Å². The van der Waals surface area contributed by atoms with Gasteiger partial charge in [0.2, 0.25) is 5.95 Å². The van der Waals surface area contributed by atoms with Crippen molar-refractivity contribution in [3.63, 3.8) is 0 Å². The summed E-state index contributed by atoms with van der Waals surface area (Å²) in [6, 6.07) is 9.84. The molecular weight excluding hydrogens is 506 g/mol. The van der Waals surface area contributed by atoms with Crippen LogP contribution in [0.4, 0.5) is 11.8 Å². The second-order valence-electron chi connectivity index (χ2n) is 11.2. The first-order valence-corrected chi connectivity index (χ1v) is 14.1. The zero-order chi connectivity index (χ0) is 27.5. The summed E-state index contributed by atoms with van der Waals surface area (Å²) in [6.07, 6.45) is 8.59. The molecule has 40 heavy (non-hydrogen) atoms. The second kappa shape index (κ2) is 11.4. The highest BCUT2D eigenvalue weighted by atomic mass is 16.5. The van der Waals surface area contributed by atoms with E-state index >= 15 is 0 Å². The van der Waals surface area contributed by atoms with Gasteiger partial charge in [0.05, 0.1) is 24.5 Å². The Balaban J connectivity index is 1.04. The highest BCUT2D eigenvalue weighted by Crippen LogP contribution is 2.44. The number of pyridine rings is 1. The first kappa shape index (κ1) is 26.5. The Hall–Kier alpha value is -3.76. The molecule has 0 unspecified atom stereocenters. The minimum absolute atomic E-state index is 0.000904. The van der Waals surface area contributed by atoms with Crippen molar-refractivity contribution in [2.24, 2.45) is 5.41 Å². The average molecular weight is 544 g/mol. The standard InChI is InChI=1S/C30H37N7O3/c1-39-14-12-37-18-30(19-37)9-5-22(6-10-30)35-28(38)21-4-2-3-20(15-21)16-33-27-23-8-13-40-26(23)24(17-34-27)25-7-11-32-29(31)36-25/h2-4,7,11,15,17,22H,5-6,8-10,12-14,16,18-19H2,1H3,(H,33,34)(H,35,38)(H2,31,32,36). The van der Waals surface area contributed by atoms with Gasteiger partial charge in [-0.1, -0.05) is 12.1 Å². The summed E-state index contributed by atoms with van der Waals surface area (Å²) in [7, 11) is 1.76. The monoisotopic (exact) mass is 543 g/mol. The number of aromatic nitrogens is 3. The highest BCUT2D eigenvalue weighted by molar-refractivity contribution is 5.94. The van der Waals surface area contributed by atoms with E-state index in [0.29, 0.717) is 29.8 Å². The van der Waals surface area contributed by atoms with Crippen molar-refractivity contribution in [3.05, 3.63) is 59.4 Å². The number of rotatable bonds is 9. The zero-order valence-electron chi connectivity index (χ0n) is 23.0. The number of fused-ring (bicyclic) bond motifs is 1. The topological polar surface area (TPSA) is 128 Å². The molecule has 2 aliphatic heterocycles. The number of likely N-dealkylation sites (tertiary alicyclic amines) is 1. The third kappa shape index (κ3) is 5.59. The van der Waals surface area contributed by atoms with Crippen molar-refractivity contribution in [1.82, 2.24) is 25.2 Å². The van der Waals surface area contributed by atoms with E-state index in [1.54, 1.807) is 25.6 Å². The van der Waals surface area contributed by atoms with E-state index in [9.17, 15) is 4.79 Å². The van der Waals surface area contributed by atoms with Crippen LogP contribution in [0.3, 0.4) is 0 Å². The number of nitrogens with two attached hydrogens (primary N) is 1. The lowest BCUT2D eigenvalue weighted by atomic mass is 9.67. The molecule has 1 amide bonds. The van der Waals surface area contributed by atoms with E-state index in [4.69, 9.17) is 15.2 Å². The molecule has 3 aliphatic rings. The van der Waals surface area contributed by atoms with Gasteiger partial charge in [-0.15, -0.1) is 0 Å². The maximum Gasteiger partial charge on any atom is 0.251 e. The van der Waals surface area contributed by atoms with Gasteiger partial charge in [0.1, 0.15) is 11.6 Å². The molecule has 1 aromatic carbocycles. The van der Waals surface area contributed by atoms with E-state index in [1.807, 2.05) is 24.3 Å². The summed E-state index contributed by atoms with van der Waals surface area (Å²) in [5.74, 6) is 1.77. The van der Waals surface area contributed by atoms with Crippen LogP contribution in [0.15, 0.2) is 42.7 Å². The average Bonchev–Trinajstić information content (AvgIpc) is 3.45. The number of amides is 1. The zero-order valence-corrected chi connectivity index (χ0v) is 23.0. The van der Waals surface area contributed by atoms with Gasteiger partial charge >= 0.3 is 0 Å². The van der Waals surface area contributed by atoms with Crippen LogP contribution in [0.1, 0.15) is 47.2 Å². The van der Waals surface area contributed by atoms with Gasteiger partial charge in [0.25, 0.3) is 5.91 Å². The van der Waals surface area contributed by atoms with Gasteiger partial charge in [-0.25, -0.2) is 15.0 Å². The number of carbonyl (C=O) groups is 1. The van der Waals surface area contributed by atoms with E-state index in [-0.39, 0.29) is 17.9 Å². The molecule has 1 aliphatic carbocycles. The van der Waals surface area contributed by atoms with Gasteiger partial charge in [-0.2, -0.15) is 0 Å². The van der Waals surface area contributed by atoms with Crippen molar-refractivity contribution in [2.45, 2.75) is 44.7 Å². The Morgan fingerprint density at radius 3 is 2.88 bits per heavy atom. The van der Waals surface area contributed by atoms with Gasteiger partial charge in [0.15, 0.2) is 0 Å². The normalized spacial score (nSPS) is 18.1. The molecule has 1 spiro atoms. The summed E-state index contributed by atoms with van der Waals surface area (Å²) in [6.45, 7) is 5.27. The lowest BCUT2D eigenvalue weighted by molar-refractivity contribution is -0.0425. The molecule has 2 aromatic heterocycles. The third-order valence-corrected chi connectivity index (χ3v) is 8.44. The maximum absolute atomic E-state index is 13.1. The molecular formula is C30H37N7O3. The summed E-state index contributed by atoms with van der Waals surface area (Å²) in [4.78, 5) is 28.5. The van der Waals surface area contributed by atoms with Gasteiger partial charge in [-0.3, -0.25) is 9.69 Å². The molecule has 4 heterocycles. The molecule has 1 saturated heterocycles. The molecule has 10 heteroatoms. The molecule has 10 nitrogen and oxygen atoms in total. The SMILES string of the molecule is COCCN1CC2(CCC(NC(=O)c3cccc(CNc4ncc(-c5ccnc(N)n5)c5c4CCO5)c3)CC2)C1. The number of nitrogens with one attached hydrogen (secondary N) is 2. The molecule has 1 saturated carbocycles. The predicted molar refractivity (Wildman–Crippen MR) is 153 cm³/mol. The number of benzene rings is 1. The third-order valence-electron chi connectivity index (χ3n) is 8.44. The van der Waals surface area contributed by atoms with E-state index < -0.39 is 0 Å². The minimum Gasteiger partial charge on any atom is -0.492 e. The number of ether oxygens (including phenoxy) is 2. The molecule has 0 atom stereocenters. The largest absolute Gasteiger partial charge is 0.492 e. The lowest BCUT2D eigenvalue weighted by Crippen LogP contribution is -2.59. The Morgan fingerprint density at radius 2 is 2.08 bits per heavy atom. The van der Waals surface area contributed by atoms with Crippen molar-refractivity contribution >= 4 is 17.7 Å². The van der Waals surface area contributed by atoms with Crippen LogP contribution in [0, 0.1) is 5.41 Å². The summed E-state index contributed by atoms with van der Waals surface area (Å²) >= 11 is 0. The summed E-state index contributed by atoms with van der Waals surface area (Å²) in [5, 5.41) is 6.73. The summed E-state index contributed by atoms with van der Waals surface area (Å²) < 4.78 is 11.1. The number of anilines is 2. The molecule has 0 radical (unpaired) electrons. The Kier molecular flexibility index (Phi) is 7.53. The summed E-state index contributed by atoms with van der Waals surface area (Å²) in [5.41, 5.74) is 10.4. The van der Waals surface area contributed by atoms with Gasteiger partial charge in [-0.05, 0) is 54.9 Å². The number of hydrogen-bond acceptors (Lipinski definition) is 9. The molecule has 3 aromatic rings. The number of nitrogens with zero attached hydrogens (tertiary/aromatic N) is 4. The first-order valence-electron chi connectivity index (χ1n) is 14.1. The fraction of sp³-hybridized carbons (Fsp3) is 0.467. The highest BCUT2D eigenvalue weighted by Gasteiger charge is 2.44. The molecule has 4 N–H and O–H groups in total. The second-order valence-corrected chi connectivity index (χ2v) is 11.2.